The lowest BCUT2D eigenvalue weighted by Crippen LogP contribution is -2.52. The minimum Gasteiger partial charge on any atom is -0.503 e. The number of phenolic OH excluding ortho intramolecular Hbond substituents is 1. The number of alkyl halides is 1. The average molecular weight is 1710 g/mol. The number of ether oxygens (including phenoxy) is 9. The first-order valence-corrected chi connectivity index (χ1v) is 36.5. The van der Waals surface area contributed by atoms with Crippen LogP contribution in [0.15, 0.2) is 91.4 Å². The van der Waals surface area contributed by atoms with E-state index in [9.17, 15) is 87.5 Å². The van der Waals surface area contributed by atoms with Gasteiger partial charge >= 0.3 is 24.4 Å². The zero-order valence-electron chi connectivity index (χ0n) is 69.4. The molecule has 7 amide bonds. The Morgan fingerprint density at radius 2 is 0.664 bits per heavy atom. The molecule has 0 aliphatic carbocycles. The second-order valence-electron chi connectivity index (χ2n) is 31.2. The number of nitrogens with zero attached hydrogens (tertiary/aromatic N) is 5. The van der Waals surface area contributed by atoms with Gasteiger partial charge in [0.15, 0.2) is 69.5 Å². The molecule has 0 aliphatic heterocycles. The highest BCUT2D eigenvalue weighted by Crippen LogP contribution is 2.29. The van der Waals surface area contributed by atoms with Crippen LogP contribution in [0, 0.1) is 52.4 Å². The van der Waals surface area contributed by atoms with Crippen molar-refractivity contribution in [3.05, 3.63) is 160 Å². The largest absolute Gasteiger partial charge is 0.503 e. The summed E-state index contributed by atoms with van der Waals surface area (Å²) in [6.07, 6.45) is -0.0158. The fraction of sp³-hybridized carbons (Fsp3) is 0.463. The summed E-state index contributed by atoms with van der Waals surface area (Å²) < 4.78 is 165. The molecule has 3 atom stereocenters. The molecule has 29 nitrogen and oxygen atoms in total. The van der Waals surface area contributed by atoms with Crippen LogP contribution in [0.3, 0.4) is 0 Å². The number of aromatic hydroxyl groups is 1. The predicted octanol–water partition coefficient (Wildman–Crippen LogP) is 13.3. The third kappa shape index (κ3) is 32.9. The molecule has 0 fully saturated rings. The monoisotopic (exact) mass is 1710 g/mol. The number of halogens is 10. The van der Waals surface area contributed by atoms with Gasteiger partial charge in [0.25, 0.3) is 17.7 Å². The number of phenols is 1. The molecule has 6 rings (SSSR count). The molecule has 3 aromatic heterocycles. The fourth-order valence-electron chi connectivity index (χ4n) is 8.75. The number of anilines is 3. The number of nitrogens with one attached hydrogen (secondary N) is 3. The maximum Gasteiger partial charge on any atom is 0.425 e. The maximum atomic E-state index is 14.1. The van der Waals surface area contributed by atoms with Crippen molar-refractivity contribution in [2.75, 3.05) is 56.0 Å². The zero-order chi connectivity index (χ0) is 91.0. The minimum absolute atomic E-state index is 0.00905. The molecule has 0 saturated heterocycles. The van der Waals surface area contributed by atoms with E-state index < -0.39 is 194 Å². The van der Waals surface area contributed by atoms with E-state index in [2.05, 4.69) is 30.9 Å². The van der Waals surface area contributed by atoms with Crippen LogP contribution in [0.5, 0.6) is 17.2 Å². The smallest absolute Gasteiger partial charge is 0.425 e. The lowest BCUT2D eigenvalue weighted by Gasteiger charge is -2.28. The number of ketones is 3. The molecule has 3 unspecified atom stereocenters. The van der Waals surface area contributed by atoms with Crippen molar-refractivity contribution in [3.8, 4) is 17.2 Å². The van der Waals surface area contributed by atoms with Gasteiger partial charge < -0.3 is 69.4 Å². The number of methoxy groups -OCH3 is 3. The molecule has 3 heterocycles. The normalized spacial score (nSPS) is 12.4. The Labute approximate surface area is 686 Å². The van der Waals surface area contributed by atoms with E-state index in [0.717, 1.165) is 0 Å². The van der Waals surface area contributed by atoms with Crippen LogP contribution in [0.2, 0.25) is 0 Å². The van der Waals surface area contributed by atoms with E-state index in [-0.39, 0.29) is 48.4 Å². The number of imide groups is 2. The standard InChI is InChI=1S/C30H38F3N3O8.C24H36ClN3O7.C20H22F3N3O4.C6H3F3O/c1-28(2,3)43-26(39)36(27(40)44-29(4,5)6)22-13-10-17(15-34-22)14-20(35-25(38)30(7,8)41-9)21(37)16-42-24-19(32)12-11-18(31)23(24)33;1-22(2,3)34-20(31)28(21(32)35-23(4,5)6)18-11-10-15(14-26-18)12-16(17(29)13-25)27-19(30)24(7,8)33-9;1-20(2,29-3)19(28)26-14(8-11-4-7-16(24)25-9-11)15(27)10-30-18-13(22)6-5-12(21)17(18)23;7-3-1-2-4(8)6(10)5(3)9/h10-13,15,20H,14,16H2,1-9H3,(H,35,38);10-11,14,16H,12-13H2,1-9H3,(H,27,30);4-7,9,14H,8,10H2,1-3H3,(H2,24,25)(H,26,28);1-2,10H. The summed E-state index contributed by atoms with van der Waals surface area (Å²) in [6, 6.07) is 9.24. The maximum absolute atomic E-state index is 14.1. The highest BCUT2D eigenvalue weighted by atomic mass is 35.5. The van der Waals surface area contributed by atoms with Gasteiger partial charge in [-0.3, -0.25) is 28.8 Å². The van der Waals surface area contributed by atoms with Crippen molar-refractivity contribution in [1.29, 1.82) is 0 Å². The highest BCUT2D eigenvalue weighted by Gasteiger charge is 2.39. The Bertz CT molecular complexity index is 4460. The Kier molecular flexibility index (Phi) is 37.2. The van der Waals surface area contributed by atoms with Gasteiger partial charge in [0.05, 0.1) is 24.0 Å². The number of nitrogen functional groups attached to an aromatic ring is 1. The van der Waals surface area contributed by atoms with Gasteiger partial charge in [-0.25, -0.2) is 60.5 Å². The van der Waals surface area contributed by atoms with Crippen molar-refractivity contribution < 1.29 is 135 Å². The molecular weight excluding hydrogens is 1610 g/mol. The van der Waals surface area contributed by atoms with E-state index in [4.69, 9.17) is 65.1 Å². The van der Waals surface area contributed by atoms with Crippen LogP contribution >= 0.6 is 11.6 Å². The Morgan fingerprint density at radius 1 is 0.395 bits per heavy atom. The van der Waals surface area contributed by atoms with Gasteiger partial charge in [-0.2, -0.15) is 23.0 Å². The molecule has 3 aromatic carbocycles. The first kappa shape index (κ1) is 102. The molecule has 0 saturated carbocycles. The number of carbonyl (C=O) groups excluding carboxylic acids is 10. The summed E-state index contributed by atoms with van der Waals surface area (Å²) in [7, 11) is 4.01. The number of pyridine rings is 3. The lowest BCUT2D eigenvalue weighted by molar-refractivity contribution is -0.142. The summed E-state index contributed by atoms with van der Waals surface area (Å²) >= 11 is 5.73. The Balaban J connectivity index is 0.000000441. The zero-order valence-corrected chi connectivity index (χ0v) is 70.2. The molecule has 654 valence electrons. The van der Waals surface area contributed by atoms with Crippen LogP contribution < -0.4 is 41.0 Å². The molecule has 119 heavy (non-hydrogen) atoms. The number of hydrogen-bond donors (Lipinski definition) is 5. The lowest BCUT2D eigenvalue weighted by atomic mass is 10.0. The molecule has 0 bridgehead atoms. The summed E-state index contributed by atoms with van der Waals surface area (Å²) in [4.78, 5) is 141. The summed E-state index contributed by atoms with van der Waals surface area (Å²) in [5, 5.41) is 16.1. The van der Waals surface area contributed by atoms with E-state index >= 15 is 0 Å². The fourth-order valence-corrected chi connectivity index (χ4v) is 8.93. The van der Waals surface area contributed by atoms with Crippen LogP contribution in [0.1, 0.15) is 141 Å². The van der Waals surface area contributed by atoms with Gasteiger partial charge in [0.2, 0.25) is 17.5 Å². The van der Waals surface area contributed by atoms with E-state index in [1.165, 1.54) is 91.9 Å². The number of benzene rings is 3. The van der Waals surface area contributed by atoms with Gasteiger partial charge in [-0.05, 0) is 196 Å². The first-order chi connectivity index (χ1) is 54.7. The third-order valence-corrected chi connectivity index (χ3v) is 15.9. The molecule has 6 aromatic rings. The van der Waals surface area contributed by atoms with Crippen molar-refractivity contribution in [1.82, 2.24) is 30.9 Å². The summed E-state index contributed by atoms with van der Waals surface area (Å²) in [5.74, 6) is -19.5. The van der Waals surface area contributed by atoms with Crippen molar-refractivity contribution in [3.63, 3.8) is 0 Å². The van der Waals surface area contributed by atoms with Gasteiger partial charge in [-0.15, -0.1) is 11.6 Å². The molecule has 39 heteroatoms. The first-order valence-electron chi connectivity index (χ1n) is 35.9. The topological polar surface area (TPSA) is 381 Å². The number of Topliss-reactive ketones (excluding diaryl/α,β-unsaturated/α-hetero) is 3. The van der Waals surface area contributed by atoms with Gasteiger partial charge in [-0.1, -0.05) is 18.2 Å². The van der Waals surface area contributed by atoms with Crippen LogP contribution in [-0.4, -0.2) is 177 Å². The second-order valence-corrected chi connectivity index (χ2v) is 31.5. The van der Waals surface area contributed by atoms with Crippen LogP contribution in [0.25, 0.3) is 0 Å². The molecule has 6 N–H and O–H groups in total. The number of aromatic nitrogens is 3. The van der Waals surface area contributed by atoms with Gasteiger partial charge in [0, 0.05) is 59.2 Å². The van der Waals surface area contributed by atoms with Crippen molar-refractivity contribution >= 4 is 88.5 Å². The summed E-state index contributed by atoms with van der Waals surface area (Å²) in [6.45, 7) is 27.0. The van der Waals surface area contributed by atoms with E-state index in [1.807, 2.05) is 0 Å². The minimum atomic E-state index is -1.61. The Morgan fingerprint density at radius 3 is 0.916 bits per heavy atom. The highest BCUT2D eigenvalue weighted by molar-refractivity contribution is 6.28. The van der Waals surface area contributed by atoms with Crippen molar-refractivity contribution in [2.45, 2.75) is 201 Å². The number of nitrogens with two attached hydrogens (primary N) is 1. The molecule has 0 radical (unpaired) electrons. The third-order valence-electron chi connectivity index (χ3n) is 15.7. The van der Waals surface area contributed by atoms with Crippen molar-refractivity contribution in [2.24, 2.45) is 0 Å². The quantitative estimate of drug-likeness (QED) is 0.0138. The van der Waals surface area contributed by atoms with E-state index in [1.54, 1.807) is 109 Å². The number of amides is 7. The predicted molar refractivity (Wildman–Crippen MR) is 415 cm³/mol. The molecule has 0 spiro atoms. The Hall–Kier alpha value is -11.3. The van der Waals surface area contributed by atoms with E-state index in [0.29, 0.717) is 62.9 Å². The molecular formula is C80H99ClF9N9O20. The summed E-state index contributed by atoms with van der Waals surface area (Å²) in [5.41, 5.74) is -0.338. The SMILES string of the molecule is COC(C)(C)C(=O)NC(Cc1ccc(N(C(=O)OC(C)(C)C)C(=O)OC(C)(C)C)nc1)C(=O)CCl.COC(C)(C)C(=O)NC(Cc1ccc(N(C(=O)OC(C)(C)C)C(=O)OC(C)(C)C)nc1)C(=O)COc1c(F)ccc(F)c1F.COC(C)(C)C(=O)NC(Cc1ccc(N)nc1)C(=O)COc1c(F)ccc(F)c1F.Oc1c(F)ccc(F)c1F. The number of carbonyl (C=O) groups is 10. The van der Waals surface area contributed by atoms with Crippen LogP contribution in [0.4, 0.5) is 76.1 Å². The molecule has 0 aliphatic rings. The number of hydrogen-bond acceptors (Lipinski definition) is 24. The van der Waals surface area contributed by atoms with Gasteiger partial charge in [0.1, 0.15) is 69.9 Å². The van der Waals surface area contributed by atoms with Crippen LogP contribution in [-0.2, 0) is 81.2 Å². The average Bonchev–Trinajstić information content (AvgIpc) is 0.844. The second kappa shape index (κ2) is 43.5. The number of rotatable bonds is 27.